The van der Waals surface area contributed by atoms with Crippen LogP contribution < -0.4 is 5.73 Å². The Labute approximate surface area is 42.6 Å². The molecule has 2 unspecified atom stereocenters. The minimum Gasteiger partial charge on any atom is -0.396 e. The smallest absolute Gasteiger partial charge is 0.0515 e. The molecule has 2 nitrogen and oxygen atoms in total. The fraction of sp³-hybridized carbons (Fsp3) is 0.600. The van der Waals surface area contributed by atoms with E-state index in [1.165, 1.54) is 0 Å². The molecule has 0 saturated heterocycles. The average Bonchev–Trinajstić information content (AvgIpc) is 2.17. The van der Waals surface area contributed by atoms with Gasteiger partial charge in [0.15, 0.2) is 0 Å². The molecule has 1 rings (SSSR count). The molecule has 3 N–H and O–H groups in total. The van der Waals surface area contributed by atoms with Crippen molar-refractivity contribution in [3.05, 3.63) is 12.2 Å². The second kappa shape index (κ2) is 1.32. The molecule has 40 valence electrons. The lowest BCUT2D eigenvalue weighted by molar-refractivity contribution is 0.278. The monoisotopic (exact) mass is 99.1 g/mol. The Morgan fingerprint density at radius 2 is 2.29 bits per heavy atom. The van der Waals surface area contributed by atoms with Gasteiger partial charge in [0.05, 0.1) is 6.61 Å². The van der Waals surface area contributed by atoms with Crippen LogP contribution in [0.1, 0.15) is 0 Å². The molecule has 2 atom stereocenters. The number of aliphatic hydroxyl groups is 1. The van der Waals surface area contributed by atoms with Gasteiger partial charge in [-0.05, 0) is 0 Å². The highest BCUT2D eigenvalue weighted by Gasteiger charge is 2.37. The molecule has 0 aromatic heterocycles. The molecular formula is C5H9NO. The molecule has 1 aliphatic rings. The van der Waals surface area contributed by atoms with E-state index in [0.717, 1.165) is 5.57 Å². The summed E-state index contributed by atoms with van der Waals surface area (Å²) in [6.07, 6.45) is 0. The SMILES string of the molecule is C=C1C(N)C1CO. The van der Waals surface area contributed by atoms with E-state index in [1.54, 1.807) is 0 Å². The first-order valence-corrected chi connectivity index (χ1v) is 2.32. The van der Waals surface area contributed by atoms with Crippen molar-refractivity contribution in [2.75, 3.05) is 6.61 Å². The molecule has 0 aromatic rings. The minimum absolute atomic E-state index is 0.0880. The van der Waals surface area contributed by atoms with E-state index in [2.05, 4.69) is 6.58 Å². The van der Waals surface area contributed by atoms with E-state index in [4.69, 9.17) is 10.8 Å². The Kier molecular flexibility index (Phi) is 0.905. The van der Waals surface area contributed by atoms with Crippen LogP contribution in [0.5, 0.6) is 0 Å². The average molecular weight is 99.1 g/mol. The standard InChI is InChI=1S/C5H9NO/c1-3-4(2-7)5(3)6/h4-5,7H,1-2,6H2. The third-order valence-electron chi connectivity index (χ3n) is 1.43. The summed E-state index contributed by atoms with van der Waals surface area (Å²) in [7, 11) is 0. The molecule has 0 amide bonds. The van der Waals surface area contributed by atoms with E-state index < -0.39 is 0 Å². The van der Waals surface area contributed by atoms with Crippen LogP contribution in [-0.2, 0) is 0 Å². The summed E-state index contributed by atoms with van der Waals surface area (Å²) < 4.78 is 0. The van der Waals surface area contributed by atoms with Crippen molar-refractivity contribution in [2.45, 2.75) is 6.04 Å². The van der Waals surface area contributed by atoms with Gasteiger partial charge in [-0.1, -0.05) is 12.2 Å². The maximum absolute atomic E-state index is 8.41. The van der Waals surface area contributed by atoms with E-state index >= 15 is 0 Å². The normalized spacial score (nSPS) is 38.9. The second-order valence-electron chi connectivity index (χ2n) is 1.89. The summed E-state index contributed by atoms with van der Waals surface area (Å²) >= 11 is 0. The molecule has 0 aromatic carbocycles. The summed E-state index contributed by atoms with van der Waals surface area (Å²) in [4.78, 5) is 0. The maximum Gasteiger partial charge on any atom is 0.0515 e. The Morgan fingerprint density at radius 1 is 1.86 bits per heavy atom. The number of hydrogen-bond donors (Lipinski definition) is 2. The maximum atomic E-state index is 8.41. The Morgan fingerprint density at radius 3 is 2.29 bits per heavy atom. The van der Waals surface area contributed by atoms with Gasteiger partial charge in [-0.2, -0.15) is 0 Å². The Balaban J connectivity index is 2.38. The molecule has 0 aliphatic heterocycles. The van der Waals surface area contributed by atoms with Gasteiger partial charge in [-0.15, -0.1) is 0 Å². The van der Waals surface area contributed by atoms with Gasteiger partial charge < -0.3 is 10.8 Å². The van der Waals surface area contributed by atoms with Gasteiger partial charge in [-0.25, -0.2) is 0 Å². The van der Waals surface area contributed by atoms with Crippen LogP contribution in [0.15, 0.2) is 12.2 Å². The molecule has 0 heterocycles. The van der Waals surface area contributed by atoms with Gasteiger partial charge in [0.1, 0.15) is 0 Å². The zero-order valence-electron chi connectivity index (χ0n) is 4.09. The summed E-state index contributed by atoms with van der Waals surface area (Å²) in [6, 6.07) is 0.0880. The van der Waals surface area contributed by atoms with Crippen molar-refractivity contribution in [1.29, 1.82) is 0 Å². The van der Waals surface area contributed by atoms with Crippen molar-refractivity contribution < 1.29 is 5.11 Å². The van der Waals surface area contributed by atoms with Crippen molar-refractivity contribution in [3.63, 3.8) is 0 Å². The van der Waals surface area contributed by atoms with Crippen molar-refractivity contribution >= 4 is 0 Å². The van der Waals surface area contributed by atoms with Crippen LogP contribution >= 0.6 is 0 Å². The van der Waals surface area contributed by atoms with Crippen LogP contribution in [0.3, 0.4) is 0 Å². The van der Waals surface area contributed by atoms with E-state index in [-0.39, 0.29) is 18.6 Å². The molecule has 1 saturated carbocycles. The van der Waals surface area contributed by atoms with Crippen molar-refractivity contribution in [3.8, 4) is 0 Å². The first-order valence-electron chi connectivity index (χ1n) is 2.32. The molecule has 0 spiro atoms. The molecule has 1 aliphatic carbocycles. The number of rotatable bonds is 1. The van der Waals surface area contributed by atoms with Crippen LogP contribution in [0.2, 0.25) is 0 Å². The summed E-state index contributed by atoms with van der Waals surface area (Å²) in [5, 5.41) is 8.41. The Bertz CT molecular complexity index is 100. The van der Waals surface area contributed by atoms with Crippen LogP contribution in [-0.4, -0.2) is 17.8 Å². The first-order chi connectivity index (χ1) is 3.27. The lowest BCUT2D eigenvalue weighted by Crippen LogP contribution is -2.03. The van der Waals surface area contributed by atoms with Crippen molar-refractivity contribution in [1.82, 2.24) is 0 Å². The molecule has 0 radical (unpaired) electrons. The fourth-order valence-corrected chi connectivity index (χ4v) is 0.633. The second-order valence-corrected chi connectivity index (χ2v) is 1.89. The highest BCUT2D eigenvalue weighted by atomic mass is 16.3. The molecule has 1 fully saturated rings. The molecule has 7 heavy (non-hydrogen) atoms. The third-order valence-corrected chi connectivity index (χ3v) is 1.43. The van der Waals surface area contributed by atoms with Gasteiger partial charge in [0.25, 0.3) is 0 Å². The van der Waals surface area contributed by atoms with Gasteiger partial charge >= 0.3 is 0 Å². The number of nitrogens with two attached hydrogens (primary N) is 1. The quantitative estimate of drug-likeness (QED) is 0.435. The fourth-order valence-electron chi connectivity index (χ4n) is 0.633. The van der Waals surface area contributed by atoms with E-state index in [0.29, 0.717) is 0 Å². The topological polar surface area (TPSA) is 46.2 Å². The van der Waals surface area contributed by atoms with Crippen LogP contribution in [0.25, 0.3) is 0 Å². The van der Waals surface area contributed by atoms with Crippen LogP contribution in [0, 0.1) is 5.92 Å². The molecule has 2 heteroatoms. The molecule has 0 bridgehead atoms. The lowest BCUT2D eigenvalue weighted by atomic mass is 10.4. The van der Waals surface area contributed by atoms with Crippen LogP contribution in [0.4, 0.5) is 0 Å². The highest BCUT2D eigenvalue weighted by Crippen LogP contribution is 2.33. The largest absolute Gasteiger partial charge is 0.396 e. The summed E-state index contributed by atoms with van der Waals surface area (Å²) in [5.41, 5.74) is 6.35. The molecular weight excluding hydrogens is 90.1 g/mol. The predicted octanol–water partition coefficient (Wildman–Crippen LogP) is -0.508. The summed E-state index contributed by atoms with van der Waals surface area (Å²) in [5.74, 6) is 0.208. The predicted molar refractivity (Wildman–Crippen MR) is 27.7 cm³/mol. The number of hydrogen-bond acceptors (Lipinski definition) is 2. The lowest BCUT2D eigenvalue weighted by Gasteiger charge is -1.78. The first kappa shape index (κ1) is 4.81. The zero-order chi connectivity index (χ0) is 5.44. The number of aliphatic hydroxyl groups excluding tert-OH is 1. The van der Waals surface area contributed by atoms with Gasteiger partial charge in [-0.3, -0.25) is 0 Å². The van der Waals surface area contributed by atoms with Gasteiger partial charge in [0.2, 0.25) is 0 Å². The Hall–Kier alpha value is -0.340. The summed E-state index contributed by atoms with van der Waals surface area (Å²) in [6.45, 7) is 3.78. The van der Waals surface area contributed by atoms with Gasteiger partial charge in [0, 0.05) is 12.0 Å². The third kappa shape index (κ3) is 0.558. The minimum atomic E-state index is 0.0880. The zero-order valence-corrected chi connectivity index (χ0v) is 4.09. The highest BCUT2D eigenvalue weighted by molar-refractivity contribution is 5.30. The van der Waals surface area contributed by atoms with E-state index in [1.807, 2.05) is 0 Å². The van der Waals surface area contributed by atoms with Crippen molar-refractivity contribution in [2.24, 2.45) is 11.7 Å². The van der Waals surface area contributed by atoms with E-state index in [9.17, 15) is 0 Å².